The third-order valence-electron chi connectivity index (χ3n) is 4.87. The zero-order valence-electron chi connectivity index (χ0n) is 15.5. The van der Waals surface area contributed by atoms with Crippen LogP contribution in [0.1, 0.15) is 22.3 Å². The number of nitrogens with zero attached hydrogens (tertiary/aromatic N) is 1. The number of amides is 1. The highest BCUT2D eigenvalue weighted by Crippen LogP contribution is 2.32. The number of benzene rings is 3. The Labute approximate surface area is 168 Å². The number of hydrogen-bond acceptors (Lipinski definition) is 3. The van der Waals surface area contributed by atoms with E-state index < -0.39 is 21.7 Å². The normalized spacial score (nSPS) is 13.6. The minimum atomic E-state index is -3.68. The molecule has 1 amide bonds. The van der Waals surface area contributed by atoms with Gasteiger partial charge in [-0.1, -0.05) is 30.3 Å². The lowest BCUT2D eigenvalue weighted by atomic mass is 10.0. The zero-order valence-corrected chi connectivity index (χ0v) is 16.3. The SMILES string of the molecule is O=C(Nc1ccccc1F)c1ccc2c(c1)CCCN2S(=O)(=O)c1ccccc1. The van der Waals surface area contributed by atoms with E-state index in [4.69, 9.17) is 0 Å². The van der Waals surface area contributed by atoms with Gasteiger partial charge in [0.15, 0.2) is 0 Å². The van der Waals surface area contributed by atoms with Gasteiger partial charge in [0, 0.05) is 12.1 Å². The summed E-state index contributed by atoms with van der Waals surface area (Å²) in [7, 11) is -3.68. The molecule has 0 aliphatic carbocycles. The van der Waals surface area contributed by atoms with Crippen LogP contribution in [0.3, 0.4) is 0 Å². The first-order valence-electron chi connectivity index (χ1n) is 9.23. The molecule has 0 saturated carbocycles. The van der Waals surface area contributed by atoms with E-state index in [0.29, 0.717) is 30.6 Å². The topological polar surface area (TPSA) is 66.5 Å². The molecule has 0 saturated heterocycles. The van der Waals surface area contributed by atoms with Gasteiger partial charge in [0.05, 0.1) is 16.3 Å². The van der Waals surface area contributed by atoms with Crippen molar-refractivity contribution in [3.8, 4) is 0 Å². The summed E-state index contributed by atoms with van der Waals surface area (Å²) in [6.07, 6.45) is 1.31. The molecule has 0 aromatic heterocycles. The van der Waals surface area contributed by atoms with Crippen LogP contribution in [0.15, 0.2) is 77.7 Å². The van der Waals surface area contributed by atoms with E-state index in [9.17, 15) is 17.6 Å². The molecule has 29 heavy (non-hydrogen) atoms. The van der Waals surface area contributed by atoms with Crippen molar-refractivity contribution in [2.45, 2.75) is 17.7 Å². The fraction of sp³-hybridized carbons (Fsp3) is 0.136. The number of nitrogens with one attached hydrogen (secondary N) is 1. The van der Waals surface area contributed by atoms with Crippen molar-refractivity contribution in [3.63, 3.8) is 0 Å². The predicted octanol–water partition coefficient (Wildman–Crippen LogP) is 4.22. The number of carbonyl (C=O) groups excluding carboxylic acids is 1. The molecule has 0 spiro atoms. The van der Waals surface area contributed by atoms with Crippen LogP contribution in [0.4, 0.5) is 15.8 Å². The molecule has 1 aliphatic rings. The molecule has 0 atom stereocenters. The van der Waals surface area contributed by atoms with Crippen molar-refractivity contribution in [1.82, 2.24) is 0 Å². The van der Waals surface area contributed by atoms with E-state index >= 15 is 0 Å². The highest BCUT2D eigenvalue weighted by Gasteiger charge is 2.29. The Kier molecular flexibility index (Phi) is 5.07. The Morgan fingerprint density at radius 2 is 1.69 bits per heavy atom. The molecule has 1 N–H and O–H groups in total. The van der Waals surface area contributed by atoms with Crippen molar-refractivity contribution >= 4 is 27.3 Å². The lowest BCUT2D eigenvalue weighted by Crippen LogP contribution is -2.35. The van der Waals surface area contributed by atoms with Gasteiger partial charge in [-0.15, -0.1) is 0 Å². The first-order chi connectivity index (χ1) is 14.0. The van der Waals surface area contributed by atoms with Gasteiger partial charge >= 0.3 is 0 Å². The highest BCUT2D eigenvalue weighted by molar-refractivity contribution is 7.92. The van der Waals surface area contributed by atoms with Gasteiger partial charge in [0.25, 0.3) is 15.9 Å². The standard InChI is InChI=1S/C22H19FN2O3S/c23-19-10-4-5-11-20(19)24-22(26)17-12-13-21-16(15-17)7-6-14-25(21)29(27,28)18-8-2-1-3-9-18/h1-5,8-13,15H,6-7,14H2,(H,24,26). The van der Waals surface area contributed by atoms with Crippen LogP contribution in [-0.4, -0.2) is 20.9 Å². The minimum Gasteiger partial charge on any atom is -0.319 e. The lowest BCUT2D eigenvalue weighted by Gasteiger charge is -2.30. The molecule has 1 heterocycles. The van der Waals surface area contributed by atoms with Crippen molar-refractivity contribution in [2.75, 3.05) is 16.2 Å². The summed E-state index contributed by atoms with van der Waals surface area (Å²) in [6.45, 7) is 0.380. The van der Waals surface area contributed by atoms with Crippen LogP contribution in [0.5, 0.6) is 0 Å². The molecule has 1 aliphatic heterocycles. The predicted molar refractivity (Wildman–Crippen MR) is 110 cm³/mol. The van der Waals surface area contributed by atoms with E-state index in [1.165, 1.54) is 16.4 Å². The van der Waals surface area contributed by atoms with Crippen molar-refractivity contribution in [2.24, 2.45) is 0 Å². The van der Waals surface area contributed by atoms with Gasteiger partial charge in [0.2, 0.25) is 0 Å². The number of fused-ring (bicyclic) bond motifs is 1. The maximum absolute atomic E-state index is 13.8. The molecule has 5 nitrogen and oxygen atoms in total. The Bertz CT molecular complexity index is 1160. The summed E-state index contributed by atoms with van der Waals surface area (Å²) in [5.74, 6) is -0.958. The number of carbonyl (C=O) groups is 1. The van der Waals surface area contributed by atoms with E-state index in [0.717, 1.165) is 5.56 Å². The van der Waals surface area contributed by atoms with Gasteiger partial charge in [-0.25, -0.2) is 12.8 Å². The maximum atomic E-state index is 13.8. The zero-order chi connectivity index (χ0) is 20.4. The van der Waals surface area contributed by atoms with Gasteiger partial charge in [-0.2, -0.15) is 0 Å². The molecule has 0 unspecified atom stereocenters. The van der Waals surface area contributed by atoms with Gasteiger partial charge in [-0.05, 0) is 60.9 Å². The van der Waals surface area contributed by atoms with Crippen LogP contribution in [-0.2, 0) is 16.4 Å². The lowest BCUT2D eigenvalue weighted by molar-refractivity contribution is 0.102. The highest BCUT2D eigenvalue weighted by atomic mass is 32.2. The quantitative estimate of drug-likeness (QED) is 0.700. The molecular weight excluding hydrogens is 391 g/mol. The Hall–Kier alpha value is -3.19. The molecule has 3 aromatic rings. The van der Waals surface area contributed by atoms with E-state index in [1.807, 2.05) is 0 Å². The molecule has 0 radical (unpaired) electrons. The van der Waals surface area contributed by atoms with Crippen LogP contribution < -0.4 is 9.62 Å². The summed E-state index contributed by atoms with van der Waals surface area (Å²) in [4.78, 5) is 12.8. The molecule has 7 heteroatoms. The molecule has 0 bridgehead atoms. The first-order valence-corrected chi connectivity index (χ1v) is 10.7. The summed E-state index contributed by atoms with van der Waals surface area (Å²) in [5.41, 5.74) is 1.80. The number of anilines is 2. The second kappa shape index (κ2) is 7.67. The number of para-hydroxylation sites is 1. The van der Waals surface area contributed by atoms with Crippen molar-refractivity contribution in [1.29, 1.82) is 0 Å². The Morgan fingerprint density at radius 3 is 2.45 bits per heavy atom. The third-order valence-corrected chi connectivity index (χ3v) is 6.70. The van der Waals surface area contributed by atoms with E-state index in [-0.39, 0.29) is 10.6 Å². The summed E-state index contributed by atoms with van der Waals surface area (Å²) >= 11 is 0. The third kappa shape index (κ3) is 3.73. The second-order valence-electron chi connectivity index (χ2n) is 6.77. The number of sulfonamides is 1. The minimum absolute atomic E-state index is 0.100. The monoisotopic (exact) mass is 410 g/mol. The smallest absolute Gasteiger partial charge is 0.264 e. The van der Waals surface area contributed by atoms with Gasteiger partial charge < -0.3 is 5.32 Å². The van der Waals surface area contributed by atoms with E-state index in [2.05, 4.69) is 5.32 Å². The van der Waals surface area contributed by atoms with Crippen LogP contribution in [0.2, 0.25) is 0 Å². The van der Waals surface area contributed by atoms with Crippen molar-refractivity contribution in [3.05, 3.63) is 89.7 Å². The van der Waals surface area contributed by atoms with Gasteiger partial charge in [0.1, 0.15) is 5.82 Å². The Morgan fingerprint density at radius 1 is 0.966 bits per heavy atom. The fourth-order valence-electron chi connectivity index (χ4n) is 3.43. The maximum Gasteiger partial charge on any atom is 0.264 e. The average molecular weight is 410 g/mol. The molecule has 148 valence electrons. The van der Waals surface area contributed by atoms with Crippen molar-refractivity contribution < 1.29 is 17.6 Å². The first kappa shape index (κ1) is 19.1. The molecule has 4 rings (SSSR count). The molecule has 0 fully saturated rings. The molecule has 3 aromatic carbocycles. The summed E-state index contributed by atoms with van der Waals surface area (Å²) < 4.78 is 41.3. The number of rotatable bonds is 4. The average Bonchev–Trinajstić information content (AvgIpc) is 2.75. The van der Waals surface area contributed by atoms with Crippen LogP contribution in [0, 0.1) is 5.82 Å². The summed E-state index contributed by atoms with van der Waals surface area (Å²) in [6, 6.07) is 19.1. The fourth-order valence-corrected chi connectivity index (χ4v) is 4.99. The van der Waals surface area contributed by atoms with Gasteiger partial charge in [-0.3, -0.25) is 9.10 Å². The van der Waals surface area contributed by atoms with Crippen LogP contribution >= 0.6 is 0 Å². The number of aryl methyl sites for hydroxylation is 1. The Balaban J connectivity index is 1.64. The van der Waals surface area contributed by atoms with E-state index in [1.54, 1.807) is 60.7 Å². The second-order valence-corrected chi connectivity index (χ2v) is 8.63. The molecular formula is C22H19FN2O3S. The number of halogens is 1. The van der Waals surface area contributed by atoms with Crippen LogP contribution in [0.25, 0.3) is 0 Å². The largest absolute Gasteiger partial charge is 0.319 e. The summed E-state index contributed by atoms with van der Waals surface area (Å²) in [5, 5.41) is 2.55. The number of hydrogen-bond donors (Lipinski definition) is 1.